The third kappa shape index (κ3) is 6.24. The lowest BCUT2D eigenvalue weighted by atomic mass is 9.84. The van der Waals surface area contributed by atoms with E-state index in [1.807, 2.05) is 50.1 Å². The van der Waals surface area contributed by atoms with Gasteiger partial charge in [-0.2, -0.15) is 0 Å². The van der Waals surface area contributed by atoms with Gasteiger partial charge < -0.3 is 15.0 Å². The molecular weight excluding hydrogens is 429 g/mol. The smallest absolute Gasteiger partial charge is 0.406 e. The maximum absolute atomic E-state index is 12.3. The van der Waals surface area contributed by atoms with E-state index in [9.17, 15) is 13.2 Å². The summed E-state index contributed by atoms with van der Waals surface area (Å²) < 4.78 is 40.9. The number of alkyl halides is 3. The molecule has 0 amide bonds. The average Bonchev–Trinajstić information content (AvgIpc) is 2.71. The van der Waals surface area contributed by atoms with E-state index in [0.29, 0.717) is 12.4 Å². The number of halogens is 4. The summed E-state index contributed by atoms with van der Waals surface area (Å²) in [5.41, 5.74) is 2.43. The van der Waals surface area contributed by atoms with E-state index in [2.05, 4.69) is 20.0 Å². The first-order valence-electron chi connectivity index (χ1n) is 9.46. The molecule has 0 aliphatic rings. The molecule has 5 nitrogen and oxygen atoms in total. The van der Waals surface area contributed by atoms with Gasteiger partial charge in [0.2, 0.25) is 5.28 Å². The minimum atomic E-state index is -4.70. The number of hydrogen-bond donors (Lipinski definition) is 1. The van der Waals surface area contributed by atoms with E-state index in [0.717, 1.165) is 16.9 Å². The van der Waals surface area contributed by atoms with Gasteiger partial charge in [0.05, 0.1) is 0 Å². The molecule has 0 bridgehead atoms. The molecule has 1 N–H and O–H groups in total. The summed E-state index contributed by atoms with van der Waals surface area (Å²) in [4.78, 5) is 9.97. The number of aromatic nitrogens is 2. The quantitative estimate of drug-likeness (QED) is 0.435. The fourth-order valence-corrected chi connectivity index (χ4v) is 3.12. The molecule has 31 heavy (non-hydrogen) atoms. The van der Waals surface area contributed by atoms with Gasteiger partial charge in [-0.05, 0) is 59.6 Å². The van der Waals surface area contributed by atoms with Gasteiger partial charge >= 0.3 is 6.36 Å². The Bertz CT molecular complexity index is 1010. The standard InChI is InChI=1S/C22H22ClF3N4O/c1-21(2,15-4-10-18(11-5-15)31-22(24,25)26)14-28-16-6-8-17(9-7-16)30(3)19-12-13-27-20(23)29-19/h4-13,28H,14H2,1-3H3. The van der Waals surface area contributed by atoms with Crippen molar-refractivity contribution < 1.29 is 17.9 Å². The Labute approximate surface area is 183 Å². The van der Waals surface area contributed by atoms with Crippen LogP contribution in [0.25, 0.3) is 0 Å². The number of ether oxygens (including phenoxy) is 1. The van der Waals surface area contributed by atoms with Crippen molar-refractivity contribution in [2.24, 2.45) is 0 Å². The Morgan fingerprint density at radius 2 is 1.65 bits per heavy atom. The topological polar surface area (TPSA) is 50.3 Å². The Morgan fingerprint density at radius 1 is 1.00 bits per heavy atom. The van der Waals surface area contributed by atoms with Crippen LogP contribution in [0.4, 0.5) is 30.4 Å². The van der Waals surface area contributed by atoms with Gasteiger partial charge in [-0.1, -0.05) is 26.0 Å². The van der Waals surface area contributed by atoms with Crippen molar-refractivity contribution in [2.45, 2.75) is 25.6 Å². The highest BCUT2D eigenvalue weighted by atomic mass is 35.5. The molecule has 0 saturated heterocycles. The molecule has 3 rings (SSSR count). The molecule has 0 spiro atoms. The minimum Gasteiger partial charge on any atom is -0.406 e. The Balaban J connectivity index is 1.62. The second-order valence-corrected chi connectivity index (χ2v) is 7.94. The van der Waals surface area contributed by atoms with Gasteiger partial charge in [-0.15, -0.1) is 13.2 Å². The molecule has 3 aromatic rings. The largest absolute Gasteiger partial charge is 0.573 e. The van der Waals surface area contributed by atoms with Gasteiger partial charge in [-0.25, -0.2) is 9.97 Å². The Morgan fingerprint density at radius 3 is 2.23 bits per heavy atom. The maximum atomic E-state index is 12.3. The average molecular weight is 451 g/mol. The monoisotopic (exact) mass is 450 g/mol. The van der Waals surface area contributed by atoms with Gasteiger partial charge in [0.25, 0.3) is 0 Å². The van der Waals surface area contributed by atoms with Crippen LogP contribution in [0, 0.1) is 0 Å². The zero-order valence-electron chi connectivity index (χ0n) is 17.2. The van der Waals surface area contributed by atoms with Crippen molar-refractivity contribution in [1.82, 2.24) is 9.97 Å². The highest BCUT2D eigenvalue weighted by Crippen LogP contribution is 2.29. The molecule has 9 heteroatoms. The van der Waals surface area contributed by atoms with Crippen LogP contribution in [0.15, 0.2) is 60.8 Å². The Kier molecular flexibility index (Phi) is 6.59. The predicted octanol–water partition coefficient (Wildman–Crippen LogP) is 6.19. The van der Waals surface area contributed by atoms with Crippen molar-refractivity contribution in [2.75, 3.05) is 23.8 Å². The van der Waals surface area contributed by atoms with Crippen molar-refractivity contribution >= 4 is 28.8 Å². The number of nitrogens with one attached hydrogen (secondary N) is 1. The molecule has 0 unspecified atom stereocenters. The summed E-state index contributed by atoms with van der Waals surface area (Å²) in [6, 6.07) is 15.5. The molecule has 0 atom stereocenters. The molecule has 164 valence electrons. The molecule has 0 aliphatic carbocycles. The first-order valence-corrected chi connectivity index (χ1v) is 9.84. The fraction of sp³-hybridized carbons (Fsp3) is 0.273. The summed E-state index contributed by atoms with van der Waals surface area (Å²) in [7, 11) is 1.89. The molecular formula is C22H22ClF3N4O. The summed E-state index contributed by atoms with van der Waals surface area (Å²) in [6.45, 7) is 4.62. The lowest BCUT2D eigenvalue weighted by Gasteiger charge is -2.27. The van der Waals surface area contributed by atoms with Crippen LogP contribution in [-0.2, 0) is 5.41 Å². The van der Waals surface area contributed by atoms with Gasteiger partial charge in [-0.3, -0.25) is 0 Å². The normalized spacial score (nSPS) is 11.8. The Hall–Kier alpha value is -3.00. The van der Waals surface area contributed by atoms with Gasteiger partial charge in [0, 0.05) is 36.6 Å². The summed E-state index contributed by atoms with van der Waals surface area (Å²) >= 11 is 5.86. The van der Waals surface area contributed by atoms with Crippen molar-refractivity contribution in [3.05, 3.63) is 71.6 Å². The zero-order valence-corrected chi connectivity index (χ0v) is 18.0. The van der Waals surface area contributed by atoms with E-state index >= 15 is 0 Å². The third-order valence-electron chi connectivity index (χ3n) is 4.81. The van der Waals surface area contributed by atoms with Gasteiger partial charge in [0.1, 0.15) is 11.6 Å². The molecule has 0 fully saturated rings. The minimum absolute atomic E-state index is 0.183. The SMILES string of the molecule is CN(c1ccc(NCC(C)(C)c2ccc(OC(F)(F)F)cc2)cc1)c1ccnc(Cl)n1. The van der Waals surface area contributed by atoms with Gasteiger partial charge in [0.15, 0.2) is 0 Å². The van der Waals surface area contributed by atoms with Crippen molar-refractivity contribution in [3.8, 4) is 5.75 Å². The maximum Gasteiger partial charge on any atom is 0.573 e. The fourth-order valence-electron chi connectivity index (χ4n) is 2.98. The predicted molar refractivity (Wildman–Crippen MR) is 116 cm³/mol. The van der Waals surface area contributed by atoms with E-state index in [-0.39, 0.29) is 16.4 Å². The van der Waals surface area contributed by atoms with E-state index in [1.54, 1.807) is 24.4 Å². The molecule has 0 radical (unpaired) electrons. The summed E-state index contributed by atoms with van der Waals surface area (Å²) in [6.07, 6.45) is -3.10. The van der Waals surface area contributed by atoms with Crippen molar-refractivity contribution in [1.29, 1.82) is 0 Å². The van der Waals surface area contributed by atoms with Crippen LogP contribution in [0.3, 0.4) is 0 Å². The summed E-state index contributed by atoms with van der Waals surface area (Å²) in [5, 5.41) is 3.56. The number of nitrogens with zero attached hydrogens (tertiary/aromatic N) is 3. The molecule has 1 aromatic heterocycles. The lowest BCUT2D eigenvalue weighted by molar-refractivity contribution is -0.274. The van der Waals surface area contributed by atoms with Crippen molar-refractivity contribution in [3.63, 3.8) is 0 Å². The van der Waals surface area contributed by atoms with E-state index < -0.39 is 6.36 Å². The second-order valence-electron chi connectivity index (χ2n) is 7.60. The second kappa shape index (κ2) is 9.01. The van der Waals surface area contributed by atoms with E-state index in [4.69, 9.17) is 11.6 Å². The van der Waals surface area contributed by atoms with Crippen LogP contribution >= 0.6 is 11.6 Å². The van der Waals surface area contributed by atoms with Crippen LogP contribution in [0.2, 0.25) is 5.28 Å². The molecule has 0 saturated carbocycles. The molecule has 2 aromatic carbocycles. The molecule has 0 aliphatic heterocycles. The molecule has 1 heterocycles. The number of anilines is 3. The highest BCUT2D eigenvalue weighted by Gasteiger charge is 2.31. The summed E-state index contributed by atoms with van der Waals surface area (Å²) in [5.74, 6) is 0.449. The lowest BCUT2D eigenvalue weighted by Crippen LogP contribution is -2.27. The third-order valence-corrected chi connectivity index (χ3v) is 5.00. The number of rotatable bonds is 7. The van der Waals surface area contributed by atoms with E-state index in [1.165, 1.54) is 12.1 Å². The number of hydrogen-bond acceptors (Lipinski definition) is 5. The highest BCUT2D eigenvalue weighted by molar-refractivity contribution is 6.28. The first-order chi connectivity index (χ1) is 14.5. The zero-order chi connectivity index (χ0) is 22.6. The first kappa shape index (κ1) is 22.7. The van der Waals surface area contributed by atoms with Crippen LogP contribution in [0.1, 0.15) is 19.4 Å². The van der Waals surface area contributed by atoms with Crippen LogP contribution in [-0.4, -0.2) is 29.9 Å². The van der Waals surface area contributed by atoms with Crippen LogP contribution < -0.4 is 15.0 Å². The van der Waals surface area contributed by atoms with Crippen LogP contribution in [0.5, 0.6) is 5.75 Å². The number of benzene rings is 2.